The predicted molar refractivity (Wildman–Crippen MR) is 144 cm³/mol. The molecular formula is C27H21Cl2N3OS. The van der Waals surface area contributed by atoms with Crippen molar-refractivity contribution in [2.45, 2.75) is 20.4 Å². The molecule has 0 spiro atoms. The highest BCUT2D eigenvalue weighted by atomic mass is 35.5. The van der Waals surface area contributed by atoms with E-state index in [4.69, 9.17) is 23.2 Å². The van der Waals surface area contributed by atoms with E-state index < -0.39 is 0 Å². The van der Waals surface area contributed by atoms with Crippen LogP contribution in [0, 0.1) is 13.8 Å². The zero-order valence-corrected chi connectivity index (χ0v) is 20.9. The molecule has 170 valence electrons. The fourth-order valence-corrected chi connectivity index (χ4v) is 5.24. The highest BCUT2D eigenvalue weighted by molar-refractivity contribution is 8.18. The van der Waals surface area contributed by atoms with Crippen LogP contribution in [0.3, 0.4) is 0 Å². The number of para-hydroxylation sites is 1. The molecule has 4 nitrogen and oxygen atoms in total. The van der Waals surface area contributed by atoms with Crippen LogP contribution in [-0.4, -0.2) is 15.6 Å². The quantitative estimate of drug-likeness (QED) is 0.291. The van der Waals surface area contributed by atoms with Crippen LogP contribution >= 0.6 is 35.0 Å². The number of thioether (sulfide) groups is 1. The first-order chi connectivity index (χ1) is 16.4. The van der Waals surface area contributed by atoms with Crippen molar-refractivity contribution in [3.05, 3.63) is 104 Å². The summed E-state index contributed by atoms with van der Waals surface area (Å²) in [5, 5.41) is 5.85. The first-order valence-corrected chi connectivity index (χ1v) is 12.3. The number of rotatable bonds is 4. The number of aromatic nitrogens is 1. The molecule has 0 atom stereocenters. The predicted octanol–water partition coefficient (Wildman–Crippen LogP) is 7.50. The van der Waals surface area contributed by atoms with E-state index in [1.165, 1.54) is 11.8 Å². The summed E-state index contributed by atoms with van der Waals surface area (Å²) in [5.74, 6) is -0.161. The molecule has 0 saturated carbocycles. The number of nitrogens with one attached hydrogen (secondary N) is 1. The summed E-state index contributed by atoms with van der Waals surface area (Å²) in [6.07, 6.45) is 1.95. The van der Waals surface area contributed by atoms with E-state index in [2.05, 4.69) is 33.9 Å². The second-order valence-corrected chi connectivity index (χ2v) is 9.98. The molecule has 5 rings (SSSR count). The minimum atomic E-state index is -0.161. The lowest BCUT2D eigenvalue weighted by Crippen LogP contribution is -2.19. The highest BCUT2D eigenvalue weighted by Crippen LogP contribution is 2.34. The number of aliphatic imine (C=N–C) groups is 1. The van der Waals surface area contributed by atoms with Crippen molar-refractivity contribution in [1.82, 2.24) is 9.88 Å². The minimum absolute atomic E-state index is 0.161. The van der Waals surface area contributed by atoms with Crippen molar-refractivity contribution < 1.29 is 4.79 Å². The molecule has 1 aromatic heterocycles. The molecule has 0 unspecified atom stereocenters. The lowest BCUT2D eigenvalue weighted by atomic mass is 10.1. The van der Waals surface area contributed by atoms with Gasteiger partial charge in [0, 0.05) is 38.8 Å². The Morgan fingerprint density at radius 1 is 1.03 bits per heavy atom. The largest absolute Gasteiger partial charge is 0.340 e. The molecule has 4 aromatic rings. The van der Waals surface area contributed by atoms with Crippen molar-refractivity contribution in [3.8, 4) is 0 Å². The first kappa shape index (κ1) is 22.8. The number of carbonyl (C=O) groups is 1. The number of amidine groups is 1. The van der Waals surface area contributed by atoms with Crippen LogP contribution < -0.4 is 5.32 Å². The lowest BCUT2D eigenvalue weighted by molar-refractivity contribution is -0.115. The molecule has 34 heavy (non-hydrogen) atoms. The third-order valence-corrected chi connectivity index (χ3v) is 7.40. The van der Waals surface area contributed by atoms with Gasteiger partial charge in [0.05, 0.1) is 10.6 Å². The van der Waals surface area contributed by atoms with Crippen LogP contribution in [0.2, 0.25) is 10.0 Å². The van der Waals surface area contributed by atoms with Gasteiger partial charge in [0.2, 0.25) is 0 Å². The molecule has 3 aromatic carbocycles. The summed E-state index contributed by atoms with van der Waals surface area (Å²) in [5.41, 5.74) is 5.95. The van der Waals surface area contributed by atoms with E-state index in [0.29, 0.717) is 21.6 Å². The Kier molecular flexibility index (Phi) is 6.26. The van der Waals surface area contributed by atoms with Crippen molar-refractivity contribution in [3.63, 3.8) is 0 Å². The van der Waals surface area contributed by atoms with Crippen molar-refractivity contribution in [1.29, 1.82) is 0 Å². The zero-order chi connectivity index (χ0) is 23.8. The van der Waals surface area contributed by atoms with Gasteiger partial charge in [0.1, 0.15) is 0 Å². The van der Waals surface area contributed by atoms with Crippen LogP contribution in [0.15, 0.2) is 76.6 Å². The Morgan fingerprint density at radius 3 is 2.62 bits per heavy atom. The number of aryl methyl sites for hydroxylation is 1. The van der Waals surface area contributed by atoms with Gasteiger partial charge in [0.25, 0.3) is 5.91 Å². The minimum Gasteiger partial charge on any atom is -0.340 e. The monoisotopic (exact) mass is 505 g/mol. The Labute approximate surface area is 212 Å². The lowest BCUT2D eigenvalue weighted by Gasteiger charge is -2.10. The van der Waals surface area contributed by atoms with Gasteiger partial charge < -0.3 is 9.88 Å². The average molecular weight is 506 g/mol. The second-order valence-electron chi connectivity index (χ2n) is 8.11. The van der Waals surface area contributed by atoms with Crippen LogP contribution in [0.5, 0.6) is 0 Å². The molecular weight excluding hydrogens is 485 g/mol. The molecule has 1 amide bonds. The van der Waals surface area contributed by atoms with Crippen LogP contribution in [0.25, 0.3) is 17.0 Å². The average Bonchev–Trinajstić information content (AvgIpc) is 3.29. The Hall–Kier alpha value is -2.99. The van der Waals surface area contributed by atoms with E-state index in [-0.39, 0.29) is 5.91 Å². The molecule has 1 aliphatic rings. The van der Waals surface area contributed by atoms with Gasteiger partial charge in [-0.1, -0.05) is 65.7 Å². The summed E-state index contributed by atoms with van der Waals surface area (Å²) in [4.78, 5) is 18.0. The molecule has 0 bridgehead atoms. The number of hydrogen-bond donors (Lipinski definition) is 1. The molecule has 1 fully saturated rings. The Balaban J connectivity index is 1.54. The van der Waals surface area contributed by atoms with Gasteiger partial charge in [-0.25, -0.2) is 4.99 Å². The smallest absolute Gasteiger partial charge is 0.264 e. The van der Waals surface area contributed by atoms with Gasteiger partial charge in [0.15, 0.2) is 5.17 Å². The maximum atomic E-state index is 12.8. The fourth-order valence-electron chi connectivity index (χ4n) is 4.06. The number of carbonyl (C=O) groups excluding carboxylic acids is 1. The van der Waals surface area contributed by atoms with Crippen LogP contribution in [0.4, 0.5) is 5.69 Å². The Morgan fingerprint density at radius 2 is 1.79 bits per heavy atom. The summed E-state index contributed by atoms with van der Waals surface area (Å²) < 4.78 is 2.24. The van der Waals surface area contributed by atoms with E-state index in [1.54, 1.807) is 6.07 Å². The van der Waals surface area contributed by atoms with Gasteiger partial charge in [-0.05, 0) is 67.1 Å². The van der Waals surface area contributed by atoms with Gasteiger partial charge in [-0.15, -0.1) is 0 Å². The topological polar surface area (TPSA) is 46.4 Å². The molecule has 1 N–H and O–H groups in total. The normalized spacial score (nSPS) is 16.1. The summed E-state index contributed by atoms with van der Waals surface area (Å²) >= 11 is 13.9. The maximum Gasteiger partial charge on any atom is 0.264 e. The zero-order valence-electron chi connectivity index (χ0n) is 18.6. The fraction of sp³-hybridized carbons (Fsp3) is 0.111. The maximum absolute atomic E-state index is 12.8. The number of halogens is 2. The molecule has 1 saturated heterocycles. The summed E-state index contributed by atoms with van der Waals surface area (Å²) in [7, 11) is 0. The molecule has 1 aliphatic heterocycles. The number of hydrogen-bond acceptors (Lipinski definition) is 3. The van der Waals surface area contributed by atoms with E-state index >= 15 is 0 Å². The number of nitrogens with zero attached hydrogens (tertiary/aromatic N) is 2. The summed E-state index contributed by atoms with van der Waals surface area (Å²) in [6, 6.07) is 21.6. The second kappa shape index (κ2) is 9.34. The first-order valence-electron chi connectivity index (χ1n) is 10.8. The van der Waals surface area contributed by atoms with Crippen molar-refractivity contribution >= 4 is 68.7 Å². The number of amides is 1. The van der Waals surface area contributed by atoms with Gasteiger partial charge in [-0.3, -0.25) is 4.79 Å². The van der Waals surface area contributed by atoms with E-state index in [9.17, 15) is 4.79 Å². The van der Waals surface area contributed by atoms with Crippen molar-refractivity contribution in [2.24, 2.45) is 4.99 Å². The number of benzene rings is 3. The standard InChI is InChI=1S/C27H21Cl2N3OS/c1-16-11-12-19(28)13-23(16)30-27-31-26(33)25(34-27)14-21-17(2)32(24-10-6-4-8-20(21)24)15-18-7-3-5-9-22(18)29/h3-14H,15H2,1-2H3,(H,30,31,33)/b25-14-. The molecule has 0 aliphatic carbocycles. The van der Waals surface area contributed by atoms with Crippen LogP contribution in [-0.2, 0) is 11.3 Å². The molecule has 7 heteroatoms. The van der Waals surface area contributed by atoms with Gasteiger partial charge in [-0.2, -0.15) is 0 Å². The molecule has 2 heterocycles. The SMILES string of the molecule is Cc1ccc(Cl)cc1N=C1NC(=O)/C(=C/c2c(C)n(Cc3ccccc3Cl)c3ccccc23)S1. The third kappa shape index (κ3) is 4.39. The van der Waals surface area contributed by atoms with E-state index in [1.807, 2.05) is 61.5 Å². The number of fused-ring (bicyclic) bond motifs is 1. The Bertz CT molecular complexity index is 1500. The van der Waals surface area contributed by atoms with Crippen LogP contribution in [0.1, 0.15) is 22.4 Å². The van der Waals surface area contributed by atoms with E-state index in [0.717, 1.165) is 44.0 Å². The van der Waals surface area contributed by atoms with Gasteiger partial charge >= 0.3 is 0 Å². The molecule has 0 radical (unpaired) electrons. The summed E-state index contributed by atoms with van der Waals surface area (Å²) in [6.45, 7) is 4.69. The third-order valence-electron chi connectivity index (χ3n) is 5.89. The van der Waals surface area contributed by atoms with Crippen molar-refractivity contribution in [2.75, 3.05) is 0 Å². The highest BCUT2D eigenvalue weighted by Gasteiger charge is 2.25.